The van der Waals surface area contributed by atoms with Crippen molar-refractivity contribution in [2.75, 3.05) is 0 Å². The van der Waals surface area contributed by atoms with Gasteiger partial charge in [-0.05, 0) is 53.2 Å². The first kappa shape index (κ1) is 13.5. The van der Waals surface area contributed by atoms with Crippen LogP contribution in [0.2, 0.25) is 0 Å². The molecule has 1 aromatic rings. The number of ether oxygens (including phenoxy) is 1. The first-order chi connectivity index (χ1) is 8.70. The molecule has 0 spiro atoms. The van der Waals surface area contributed by atoms with Gasteiger partial charge in [0.25, 0.3) is 0 Å². The summed E-state index contributed by atoms with van der Waals surface area (Å²) in [7, 11) is 0. The maximum atomic E-state index is 12.0. The van der Waals surface area contributed by atoms with E-state index in [4.69, 9.17) is 4.74 Å². The summed E-state index contributed by atoms with van der Waals surface area (Å²) in [5.74, 6) is 0.436. The molecule has 0 aromatic carbocycles. The third-order valence-electron chi connectivity index (χ3n) is 3.56. The highest BCUT2D eigenvalue weighted by Crippen LogP contribution is 2.29. The van der Waals surface area contributed by atoms with Gasteiger partial charge < -0.3 is 4.74 Å². The Morgan fingerprint density at radius 1 is 1.56 bits per heavy atom. The lowest BCUT2D eigenvalue weighted by atomic mass is 9.85. The van der Waals surface area contributed by atoms with Crippen molar-refractivity contribution in [3.63, 3.8) is 0 Å². The second kappa shape index (κ2) is 6.32. The molecule has 4 heteroatoms. The Morgan fingerprint density at radius 3 is 3.11 bits per heavy atom. The van der Waals surface area contributed by atoms with E-state index < -0.39 is 0 Å². The Hall–Kier alpha value is -0.900. The lowest BCUT2D eigenvalue weighted by molar-refractivity contribution is 0.0138. The van der Waals surface area contributed by atoms with Crippen LogP contribution >= 0.6 is 15.9 Å². The van der Waals surface area contributed by atoms with Crippen LogP contribution in [0.3, 0.4) is 0 Å². The van der Waals surface area contributed by atoms with Gasteiger partial charge in [-0.1, -0.05) is 19.8 Å². The van der Waals surface area contributed by atoms with Gasteiger partial charge >= 0.3 is 5.97 Å². The van der Waals surface area contributed by atoms with Crippen LogP contribution in [0.15, 0.2) is 22.9 Å². The van der Waals surface area contributed by atoms with Crippen LogP contribution in [0, 0.1) is 5.92 Å². The molecule has 0 saturated heterocycles. The van der Waals surface area contributed by atoms with Crippen molar-refractivity contribution >= 4 is 21.9 Å². The van der Waals surface area contributed by atoms with Crippen LogP contribution in [0.25, 0.3) is 0 Å². The minimum Gasteiger partial charge on any atom is -0.459 e. The Kier molecular flexibility index (Phi) is 4.75. The van der Waals surface area contributed by atoms with E-state index in [1.807, 2.05) is 0 Å². The number of carbonyl (C=O) groups is 1. The molecule has 1 aliphatic carbocycles. The van der Waals surface area contributed by atoms with Gasteiger partial charge in [0, 0.05) is 6.20 Å². The molecule has 18 heavy (non-hydrogen) atoms. The third-order valence-corrected chi connectivity index (χ3v) is 4.20. The molecule has 1 saturated carbocycles. The Bertz CT molecular complexity index is 422. The first-order valence-electron chi connectivity index (χ1n) is 6.52. The van der Waals surface area contributed by atoms with Crippen molar-refractivity contribution in [3.8, 4) is 0 Å². The Morgan fingerprint density at radius 2 is 2.39 bits per heavy atom. The van der Waals surface area contributed by atoms with E-state index in [1.165, 1.54) is 12.8 Å². The third kappa shape index (κ3) is 3.31. The molecule has 3 nitrogen and oxygen atoms in total. The van der Waals surface area contributed by atoms with Crippen LogP contribution < -0.4 is 0 Å². The SMILES string of the molecule is CCC1CCCC(OC(=O)c2cccnc2Br)C1. The van der Waals surface area contributed by atoms with E-state index in [1.54, 1.807) is 18.3 Å². The van der Waals surface area contributed by atoms with Crippen LogP contribution in [-0.2, 0) is 4.74 Å². The molecule has 1 heterocycles. The minimum absolute atomic E-state index is 0.0725. The molecule has 0 radical (unpaired) electrons. The molecule has 1 aliphatic rings. The quantitative estimate of drug-likeness (QED) is 0.626. The monoisotopic (exact) mass is 311 g/mol. The number of esters is 1. The van der Waals surface area contributed by atoms with E-state index in [-0.39, 0.29) is 12.1 Å². The average Bonchev–Trinajstić information content (AvgIpc) is 2.39. The summed E-state index contributed by atoms with van der Waals surface area (Å²) in [6, 6.07) is 3.48. The van der Waals surface area contributed by atoms with Gasteiger partial charge in [-0.3, -0.25) is 0 Å². The summed E-state index contributed by atoms with van der Waals surface area (Å²) in [4.78, 5) is 16.1. The maximum Gasteiger partial charge on any atom is 0.341 e. The second-order valence-corrected chi connectivity index (χ2v) is 5.56. The summed E-state index contributed by atoms with van der Waals surface area (Å²) in [6.07, 6.45) is 7.30. The topological polar surface area (TPSA) is 39.2 Å². The number of nitrogens with zero attached hydrogens (tertiary/aromatic N) is 1. The summed E-state index contributed by atoms with van der Waals surface area (Å²) < 4.78 is 6.13. The summed E-state index contributed by atoms with van der Waals surface area (Å²) in [5, 5.41) is 0. The molecular weight excluding hydrogens is 294 g/mol. The first-order valence-corrected chi connectivity index (χ1v) is 7.31. The van der Waals surface area contributed by atoms with E-state index >= 15 is 0 Å². The lowest BCUT2D eigenvalue weighted by Gasteiger charge is -2.28. The highest BCUT2D eigenvalue weighted by molar-refractivity contribution is 9.10. The fourth-order valence-corrected chi connectivity index (χ4v) is 2.88. The van der Waals surface area contributed by atoms with Crippen molar-refractivity contribution in [1.29, 1.82) is 0 Å². The van der Waals surface area contributed by atoms with Crippen LogP contribution in [-0.4, -0.2) is 17.1 Å². The summed E-state index contributed by atoms with van der Waals surface area (Å²) in [5.41, 5.74) is 0.510. The highest BCUT2D eigenvalue weighted by Gasteiger charge is 2.24. The zero-order chi connectivity index (χ0) is 13.0. The minimum atomic E-state index is -0.267. The van der Waals surface area contributed by atoms with E-state index in [2.05, 4.69) is 27.8 Å². The molecule has 0 amide bonds. The van der Waals surface area contributed by atoms with Crippen molar-refractivity contribution in [2.45, 2.75) is 45.1 Å². The van der Waals surface area contributed by atoms with Gasteiger partial charge in [-0.15, -0.1) is 0 Å². The number of pyridine rings is 1. The van der Waals surface area contributed by atoms with Crippen LogP contribution in [0.1, 0.15) is 49.4 Å². The fraction of sp³-hybridized carbons (Fsp3) is 0.571. The molecule has 1 aromatic heterocycles. The molecule has 2 atom stereocenters. The zero-order valence-corrected chi connectivity index (χ0v) is 12.1. The molecule has 0 bridgehead atoms. The summed E-state index contributed by atoms with van der Waals surface area (Å²) in [6.45, 7) is 2.20. The van der Waals surface area contributed by atoms with Crippen LogP contribution in [0.4, 0.5) is 0 Å². The largest absolute Gasteiger partial charge is 0.459 e. The highest BCUT2D eigenvalue weighted by atomic mass is 79.9. The molecule has 2 unspecified atom stereocenters. The normalized spacial score (nSPS) is 23.7. The Labute approximate surface area is 116 Å². The fourth-order valence-electron chi connectivity index (χ4n) is 2.47. The van der Waals surface area contributed by atoms with E-state index in [9.17, 15) is 4.79 Å². The van der Waals surface area contributed by atoms with Gasteiger partial charge in [0.2, 0.25) is 0 Å². The average molecular weight is 312 g/mol. The van der Waals surface area contributed by atoms with Crippen molar-refractivity contribution in [3.05, 3.63) is 28.5 Å². The van der Waals surface area contributed by atoms with E-state index in [0.29, 0.717) is 16.1 Å². The lowest BCUT2D eigenvalue weighted by Crippen LogP contribution is -2.25. The maximum absolute atomic E-state index is 12.0. The summed E-state index contributed by atoms with van der Waals surface area (Å²) >= 11 is 3.28. The standard InChI is InChI=1S/C14H18BrNO2/c1-2-10-5-3-6-11(9-10)18-14(17)12-7-4-8-16-13(12)15/h4,7-8,10-11H,2-3,5-6,9H2,1H3. The molecule has 2 rings (SSSR count). The predicted octanol–water partition coefficient (Wildman–Crippen LogP) is 3.97. The number of hydrogen-bond donors (Lipinski definition) is 0. The van der Waals surface area contributed by atoms with Gasteiger partial charge in [0.05, 0.1) is 5.56 Å². The van der Waals surface area contributed by atoms with Crippen LogP contribution in [0.5, 0.6) is 0 Å². The van der Waals surface area contributed by atoms with Gasteiger partial charge in [0.1, 0.15) is 10.7 Å². The molecular formula is C14H18BrNO2. The van der Waals surface area contributed by atoms with Crippen molar-refractivity contribution < 1.29 is 9.53 Å². The van der Waals surface area contributed by atoms with Crippen molar-refractivity contribution in [2.24, 2.45) is 5.92 Å². The molecule has 98 valence electrons. The number of carbonyl (C=O) groups excluding carboxylic acids is 1. The van der Waals surface area contributed by atoms with Gasteiger partial charge in [0.15, 0.2) is 0 Å². The predicted molar refractivity (Wildman–Crippen MR) is 73.4 cm³/mol. The number of rotatable bonds is 3. The number of aromatic nitrogens is 1. The molecule has 0 N–H and O–H groups in total. The smallest absolute Gasteiger partial charge is 0.341 e. The zero-order valence-electron chi connectivity index (χ0n) is 10.6. The van der Waals surface area contributed by atoms with Crippen molar-refractivity contribution in [1.82, 2.24) is 4.98 Å². The van der Waals surface area contributed by atoms with Gasteiger partial charge in [-0.2, -0.15) is 0 Å². The van der Waals surface area contributed by atoms with Gasteiger partial charge in [-0.25, -0.2) is 9.78 Å². The number of hydrogen-bond acceptors (Lipinski definition) is 3. The number of halogens is 1. The second-order valence-electron chi connectivity index (χ2n) is 4.81. The van der Waals surface area contributed by atoms with E-state index in [0.717, 1.165) is 19.3 Å². The molecule has 1 fully saturated rings. The Balaban J connectivity index is 1.97. The molecule has 0 aliphatic heterocycles.